The molecule has 2 aromatic carbocycles. The highest BCUT2D eigenvalue weighted by molar-refractivity contribution is 6.14. The fourth-order valence-electron chi connectivity index (χ4n) is 3.44. The summed E-state index contributed by atoms with van der Waals surface area (Å²) in [6.45, 7) is 3.60. The van der Waals surface area contributed by atoms with Crippen molar-refractivity contribution in [3.63, 3.8) is 0 Å². The van der Waals surface area contributed by atoms with E-state index < -0.39 is 5.97 Å². The molecule has 1 N–H and O–H groups in total. The minimum Gasteiger partial charge on any atom is -0.478 e. The number of hydrogen-bond acceptors (Lipinski definition) is 4. The monoisotopic (exact) mass is 388 g/mol. The van der Waals surface area contributed by atoms with E-state index >= 15 is 0 Å². The lowest BCUT2D eigenvalue weighted by Gasteiger charge is -2.13. The number of para-hydroxylation sites is 1. The summed E-state index contributed by atoms with van der Waals surface area (Å²) in [7, 11) is 0. The molecule has 0 saturated carbocycles. The molecule has 0 spiro atoms. The largest absolute Gasteiger partial charge is 0.478 e. The molecule has 29 heavy (non-hydrogen) atoms. The molecular formula is C23H20N2O4. The highest BCUT2D eigenvalue weighted by atomic mass is 16.4. The SMILES string of the molecule is CC1=NN(c2ccccc2)C(=O)C1Cc1ccc(-c2ccc(C)c(C(=O)O)c2)o1. The molecule has 1 aliphatic rings. The van der Waals surface area contributed by atoms with Crippen molar-refractivity contribution in [3.8, 4) is 11.3 Å². The number of hydrazone groups is 1. The number of carboxylic acid groups (broad SMARTS) is 1. The van der Waals surface area contributed by atoms with Crippen LogP contribution in [-0.2, 0) is 11.2 Å². The minimum atomic E-state index is -0.972. The predicted molar refractivity (Wildman–Crippen MR) is 110 cm³/mol. The molecule has 1 aromatic heterocycles. The average Bonchev–Trinajstić information content (AvgIpc) is 3.29. The Bertz CT molecular complexity index is 1110. The molecule has 2 heterocycles. The fraction of sp³-hybridized carbons (Fsp3) is 0.174. The quantitative estimate of drug-likeness (QED) is 0.696. The number of carboxylic acids is 1. The molecule has 6 nitrogen and oxygen atoms in total. The van der Waals surface area contributed by atoms with Gasteiger partial charge >= 0.3 is 5.97 Å². The van der Waals surface area contributed by atoms with E-state index in [1.54, 1.807) is 25.1 Å². The Kier molecular flexibility index (Phi) is 4.76. The van der Waals surface area contributed by atoms with E-state index in [0.717, 1.165) is 11.4 Å². The molecule has 0 aliphatic carbocycles. The third-order valence-corrected chi connectivity index (χ3v) is 5.09. The Hall–Kier alpha value is -3.67. The molecule has 0 fully saturated rings. The van der Waals surface area contributed by atoms with Crippen LogP contribution >= 0.6 is 0 Å². The van der Waals surface area contributed by atoms with Crippen LogP contribution in [0.2, 0.25) is 0 Å². The number of rotatable bonds is 5. The molecule has 0 bridgehead atoms. The van der Waals surface area contributed by atoms with Crippen molar-refractivity contribution < 1.29 is 19.1 Å². The number of carbonyl (C=O) groups is 2. The van der Waals surface area contributed by atoms with Gasteiger partial charge in [-0.3, -0.25) is 4.79 Å². The van der Waals surface area contributed by atoms with Gasteiger partial charge in [-0.25, -0.2) is 9.80 Å². The molecule has 1 amide bonds. The molecule has 6 heteroatoms. The highest BCUT2D eigenvalue weighted by Gasteiger charge is 2.35. The number of amides is 1. The van der Waals surface area contributed by atoms with Crippen LogP contribution in [0.5, 0.6) is 0 Å². The molecule has 3 aromatic rings. The Morgan fingerprint density at radius 1 is 1.10 bits per heavy atom. The summed E-state index contributed by atoms with van der Waals surface area (Å²) in [6, 6.07) is 18.1. The number of aryl methyl sites for hydroxylation is 1. The van der Waals surface area contributed by atoms with Gasteiger partial charge in [0.25, 0.3) is 5.91 Å². The first-order valence-corrected chi connectivity index (χ1v) is 9.31. The first kappa shape index (κ1) is 18.7. The summed E-state index contributed by atoms with van der Waals surface area (Å²) in [4.78, 5) is 24.2. The molecule has 1 aliphatic heterocycles. The molecule has 146 valence electrons. The zero-order chi connectivity index (χ0) is 20.5. The molecule has 4 rings (SSSR count). The first-order valence-electron chi connectivity index (χ1n) is 9.31. The van der Waals surface area contributed by atoms with Gasteiger partial charge in [0.15, 0.2) is 0 Å². The smallest absolute Gasteiger partial charge is 0.335 e. The molecule has 1 atom stereocenters. The van der Waals surface area contributed by atoms with Gasteiger partial charge in [-0.05, 0) is 49.7 Å². The molecule has 1 unspecified atom stereocenters. The van der Waals surface area contributed by atoms with E-state index in [1.807, 2.05) is 49.4 Å². The maximum absolute atomic E-state index is 12.9. The summed E-state index contributed by atoms with van der Waals surface area (Å²) < 4.78 is 5.93. The second-order valence-electron chi connectivity index (χ2n) is 7.08. The lowest BCUT2D eigenvalue weighted by atomic mass is 9.99. The Labute approximate surface area is 168 Å². The van der Waals surface area contributed by atoms with E-state index in [4.69, 9.17) is 4.42 Å². The molecule has 0 saturated heterocycles. The van der Waals surface area contributed by atoms with Crippen LogP contribution in [0.25, 0.3) is 11.3 Å². The zero-order valence-electron chi connectivity index (χ0n) is 16.1. The van der Waals surface area contributed by atoms with Crippen molar-refractivity contribution in [1.29, 1.82) is 0 Å². The van der Waals surface area contributed by atoms with Crippen LogP contribution in [-0.4, -0.2) is 22.7 Å². The van der Waals surface area contributed by atoms with Crippen LogP contribution in [0.3, 0.4) is 0 Å². The number of benzene rings is 2. The maximum atomic E-state index is 12.9. The number of nitrogens with zero attached hydrogens (tertiary/aromatic N) is 2. The number of anilines is 1. The summed E-state index contributed by atoms with van der Waals surface area (Å²) in [5.74, 6) is -0.222. The summed E-state index contributed by atoms with van der Waals surface area (Å²) in [6.07, 6.45) is 0.398. The van der Waals surface area contributed by atoms with E-state index in [1.165, 1.54) is 5.01 Å². The van der Waals surface area contributed by atoms with Gasteiger partial charge in [-0.2, -0.15) is 5.10 Å². The van der Waals surface area contributed by atoms with E-state index in [9.17, 15) is 14.7 Å². The van der Waals surface area contributed by atoms with Gasteiger partial charge in [0.2, 0.25) is 0 Å². The van der Waals surface area contributed by atoms with Crippen LogP contribution in [0.1, 0.15) is 28.6 Å². The van der Waals surface area contributed by atoms with Gasteiger partial charge in [0, 0.05) is 17.7 Å². The third-order valence-electron chi connectivity index (χ3n) is 5.09. The van der Waals surface area contributed by atoms with E-state index in [-0.39, 0.29) is 17.4 Å². The summed E-state index contributed by atoms with van der Waals surface area (Å²) >= 11 is 0. The standard InChI is InChI=1S/C23H20N2O4/c1-14-8-9-16(12-19(14)23(27)28)21-11-10-18(29-21)13-20-15(2)24-25(22(20)26)17-6-4-3-5-7-17/h3-12,20H,13H2,1-2H3,(H,27,28). The normalized spacial score (nSPS) is 16.2. The van der Waals surface area contributed by atoms with Crippen molar-refractivity contribution in [2.24, 2.45) is 11.0 Å². The number of carbonyl (C=O) groups excluding carboxylic acids is 1. The van der Waals surface area contributed by atoms with Gasteiger partial charge in [-0.15, -0.1) is 0 Å². The van der Waals surface area contributed by atoms with Crippen molar-refractivity contribution in [2.75, 3.05) is 5.01 Å². The minimum absolute atomic E-state index is 0.0878. The lowest BCUT2D eigenvalue weighted by Crippen LogP contribution is -2.28. The van der Waals surface area contributed by atoms with Crippen molar-refractivity contribution in [3.05, 3.63) is 77.6 Å². The van der Waals surface area contributed by atoms with Gasteiger partial charge < -0.3 is 9.52 Å². The van der Waals surface area contributed by atoms with Gasteiger partial charge in [-0.1, -0.05) is 30.3 Å². The molecule has 0 radical (unpaired) electrons. The van der Waals surface area contributed by atoms with Crippen molar-refractivity contribution in [1.82, 2.24) is 0 Å². The topological polar surface area (TPSA) is 83.1 Å². The Morgan fingerprint density at radius 3 is 2.59 bits per heavy atom. The van der Waals surface area contributed by atoms with Crippen LogP contribution in [0.4, 0.5) is 5.69 Å². The highest BCUT2D eigenvalue weighted by Crippen LogP contribution is 2.29. The lowest BCUT2D eigenvalue weighted by molar-refractivity contribution is -0.119. The first-order chi connectivity index (χ1) is 13.9. The van der Waals surface area contributed by atoms with Crippen molar-refractivity contribution in [2.45, 2.75) is 20.3 Å². The average molecular weight is 388 g/mol. The number of furan rings is 1. The second kappa shape index (κ2) is 7.39. The molecular weight excluding hydrogens is 368 g/mol. The van der Waals surface area contributed by atoms with Gasteiger partial charge in [0.05, 0.1) is 17.2 Å². The number of aromatic carboxylic acids is 1. The Morgan fingerprint density at radius 2 is 1.86 bits per heavy atom. The summed E-state index contributed by atoms with van der Waals surface area (Å²) in [5, 5.41) is 15.2. The Balaban J connectivity index is 1.54. The van der Waals surface area contributed by atoms with E-state index in [2.05, 4.69) is 5.10 Å². The second-order valence-corrected chi connectivity index (χ2v) is 7.08. The predicted octanol–water partition coefficient (Wildman–Crippen LogP) is 4.53. The van der Waals surface area contributed by atoms with Gasteiger partial charge in [0.1, 0.15) is 11.5 Å². The fourth-order valence-corrected chi connectivity index (χ4v) is 3.44. The third kappa shape index (κ3) is 3.57. The number of hydrogen-bond donors (Lipinski definition) is 1. The van der Waals surface area contributed by atoms with Crippen LogP contribution in [0, 0.1) is 12.8 Å². The van der Waals surface area contributed by atoms with E-state index in [0.29, 0.717) is 29.1 Å². The maximum Gasteiger partial charge on any atom is 0.335 e. The van der Waals surface area contributed by atoms with Crippen LogP contribution < -0.4 is 5.01 Å². The zero-order valence-corrected chi connectivity index (χ0v) is 16.1. The van der Waals surface area contributed by atoms with Crippen molar-refractivity contribution >= 4 is 23.3 Å². The summed E-state index contributed by atoms with van der Waals surface area (Å²) in [5.41, 5.74) is 3.10. The van der Waals surface area contributed by atoms with Crippen LogP contribution in [0.15, 0.2) is 70.2 Å².